The van der Waals surface area contributed by atoms with Crippen molar-refractivity contribution in [2.75, 3.05) is 17.7 Å². The smallest absolute Gasteiger partial charge is 0.175 e. The van der Waals surface area contributed by atoms with Crippen LogP contribution in [-0.4, -0.2) is 12.2 Å². The van der Waals surface area contributed by atoms with E-state index >= 15 is 0 Å². The van der Waals surface area contributed by atoms with Gasteiger partial charge in [-0.2, -0.15) is 0 Å². The molecule has 0 heterocycles. The third kappa shape index (κ3) is 3.71. The van der Waals surface area contributed by atoms with Crippen molar-refractivity contribution in [3.05, 3.63) is 54.1 Å². The van der Waals surface area contributed by atoms with E-state index in [1.807, 2.05) is 42.5 Å². The summed E-state index contributed by atoms with van der Waals surface area (Å²) in [5.74, 6) is 0.798. The van der Waals surface area contributed by atoms with Gasteiger partial charge in [0.1, 0.15) is 5.75 Å². The molecule has 2 aromatic carbocycles. The molecule has 0 radical (unpaired) electrons. The summed E-state index contributed by atoms with van der Waals surface area (Å²) in [5, 5.41) is 6.95. The quantitative estimate of drug-likeness (QED) is 0.830. The van der Waals surface area contributed by atoms with Crippen LogP contribution in [0.25, 0.3) is 0 Å². The molecule has 0 saturated heterocycles. The Balaban J connectivity index is 2.05. The van der Waals surface area contributed by atoms with Crippen LogP contribution in [0.2, 0.25) is 0 Å². The molecule has 4 heteroatoms. The number of hydrogen-bond acceptors (Lipinski definition) is 2. The Morgan fingerprint density at radius 1 is 1.10 bits per heavy atom. The SMILES string of the molecule is CCc1ccccc1NC(=S)Nc1cccc(OC)c1. The first kappa shape index (κ1) is 14.3. The Labute approximate surface area is 125 Å². The summed E-state index contributed by atoms with van der Waals surface area (Å²) in [7, 11) is 1.65. The summed E-state index contributed by atoms with van der Waals surface area (Å²) < 4.78 is 5.19. The third-order valence-electron chi connectivity index (χ3n) is 2.97. The van der Waals surface area contributed by atoms with Crippen LogP contribution in [0.4, 0.5) is 11.4 Å². The van der Waals surface area contributed by atoms with Gasteiger partial charge >= 0.3 is 0 Å². The summed E-state index contributed by atoms with van der Waals surface area (Å²) in [6.07, 6.45) is 0.963. The molecular weight excluding hydrogens is 268 g/mol. The highest BCUT2D eigenvalue weighted by molar-refractivity contribution is 7.80. The number of para-hydroxylation sites is 1. The van der Waals surface area contributed by atoms with Crippen LogP contribution in [0.5, 0.6) is 5.75 Å². The molecule has 0 amide bonds. The van der Waals surface area contributed by atoms with Gasteiger partial charge in [0.15, 0.2) is 5.11 Å². The average molecular weight is 286 g/mol. The van der Waals surface area contributed by atoms with Crippen molar-refractivity contribution in [1.82, 2.24) is 0 Å². The van der Waals surface area contributed by atoms with Crippen LogP contribution in [0.15, 0.2) is 48.5 Å². The van der Waals surface area contributed by atoms with E-state index in [4.69, 9.17) is 17.0 Å². The minimum atomic E-state index is 0.569. The standard InChI is InChI=1S/C16H18N2OS/c1-3-12-7-4-5-10-15(12)18-16(20)17-13-8-6-9-14(11-13)19-2/h4-11H,3H2,1-2H3,(H2,17,18,20). The van der Waals surface area contributed by atoms with Crippen LogP contribution in [-0.2, 0) is 6.42 Å². The molecule has 104 valence electrons. The fraction of sp³-hybridized carbons (Fsp3) is 0.188. The first-order valence-corrected chi connectivity index (χ1v) is 6.93. The maximum atomic E-state index is 5.34. The van der Waals surface area contributed by atoms with Gasteiger partial charge in [0.2, 0.25) is 0 Å². The Hall–Kier alpha value is -2.07. The second kappa shape index (κ2) is 6.91. The maximum Gasteiger partial charge on any atom is 0.175 e. The van der Waals surface area contributed by atoms with Crippen molar-refractivity contribution in [1.29, 1.82) is 0 Å². The molecule has 0 aliphatic rings. The number of aryl methyl sites for hydroxylation is 1. The molecular formula is C16H18N2OS. The van der Waals surface area contributed by atoms with Gasteiger partial charge in [-0.15, -0.1) is 0 Å². The second-order valence-electron chi connectivity index (χ2n) is 4.32. The molecule has 2 rings (SSSR count). The van der Waals surface area contributed by atoms with Crippen LogP contribution in [0.1, 0.15) is 12.5 Å². The molecule has 0 aromatic heterocycles. The maximum absolute atomic E-state index is 5.34. The minimum Gasteiger partial charge on any atom is -0.497 e. The molecule has 2 N–H and O–H groups in total. The molecule has 0 aliphatic carbocycles. The van der Waals surface area contributed by atoms with Gasteiger partial charge in [-0.1, -0.05) is 31.2 Å². The molecule has 0 bridgehead atoms. The number of methoxy groups -OCH3 is 1. The zero-order chi connectivity index (χ0) is 14.4. The van der Waals surface area contributed by atoms with E-state index in [1.54, 1.807) is 7.11 Å². The Kier molecular flexibility index (Phi) is 4.96. The summed E-state index contributed by atoms with van der Waals surface area (Å²) >= 11 is 5.34. The lowest BCUT2D eigenvalue weighted by Crippen LogP contribution is -2.19. The summed E-state index contributed by atoms with van der Waals surface area (Å²) in [6, 6.07) is 15.8. The van der Waals surface area contributed by atoms with Crippen molar-refractivity contribution in [2.45, 2.75) is 13.3 Å². The van der Waals surface area contributed by atoms with E-state index in [9.17, 15) is 0 Å². The van der Waals surface area contributed by atoms with Crippen molar-refractivity contribution in [2.24, 2.45) is 0 Å². The van der Waals surface area contributed by atoms with E-state index in [0.29, 0.717) is 5.11 Å². The van der Waals surface area contributed by atoms with Crippen LogP contribution in [0, 0.1) is 0 Å². The molecule has 20 heavy (non-hydrogen) atoms. The van der Waals surface area contributed by atoms with Crippen molar-refractivity contribution in [3.8, 4) is 5.75 Å². The van der Waals surface area contributed by atoms with Crippen molar-refractivity contribution >= 4 is 28.7 Å². The molecule has 0 unspecified atom stereocenters. The number of hydrogen-bond donors (Lipinski definition) is 2. The molecule has 0 atom stereocenters. The first-order valence-electron chi connectivity index (χ1n) is 6.53. The lowest BCUT2D eigenvalue weighted by atomic mass is 10.1. The number of thiocarbonyl (C=S) groups is 1. The van der Waals surface area contributed by atoms with Gasteiger partial charge in [0.25, 0.3) is 0 Å². The molecule has 3 nitrogen and oxygen atoms in total. The van der Waals surface area contributed by atoms with E-state index in [-0.39, 0.29) is 0 Å². The highest BCUT2D eigenvalue weighted by atomic mass is 32.1. The van der Waals surface area contributed by atoms with E-state index < -0.39 is 0 Å². The number of benzene rings is 2. The minimum absolute atomic E-state index is 0.569. The number of nitrogens with one attached hydrogen (secondary N) is 2. The topological polar surface area (TPSA) is 33.3 Å². The molecule has 0 spiro atoms. The predicted octanol–water partition coefficient (Wildman–Crippen LogP) is 4.07. The fourth-order valence-electron chi connectivity index (χ4n) is 1.94. The third-order valence-corrected chi connectivity index (χ3v) is 3.18. The highest BCUT2D eigenvalue weighted by Crippen LogP contribution is 2.18. The number of rotatable bonds is 4. The largest absolute Gasteiger partial charge is 0.497 e. The summed E-state index contributed by atoms with van der Waals surface area (Å²) in [5.41, 5.74) is 3.17. The fourth-order valence-corrected chi connectivity index (χ4v) is 2.16. The van der Waals surface area contributed by atoms with Gasteiger partial charge in [-0.3, -0.25) is 0 Å². The normalized spacial score (nSPS) is 9.90. The number of anilines is 2. The zero-order valence-electron chi connectivity index (χ0n) is 11.6. The van der Waals surface area contributed by atoms with Gasteiger partial charge in [-0.05, 0) is 42.4 Å². The van der Waals surface area contributed by atoms with Gasteiger partial charge in [0.05, 0.1) is 7.11 Å². The zero-order valence-corrected chi connectivity index (χ0v) is 12.5. The average Bonchev–Trinajstić information content (AvgIpc) is 2.48. The van der Waals surface area contributed by atoms with Crippen LogP contribution < -0.4 is 15.4 Å². The van der Waals surface area contributed by atoms with Crippen LogP contribution in [0.3, 0.4) is 0 Å². The number of ether oxygens (including phenoxy) is 1. The summed E-state index contributed by atoms with van der Waals surface area (Å²) in [6.45, 7) is 2.12. The molecule has 0 aliphatic heterocycles. The highest BCUT2D eigenvalue weighted by Gasteiger charge is 2.03. The lowest BCUT2D eigenvalue weighted by molar-refractivity contribution is 0.415. The van der Waals surface area contributed by atoms with E-state index in [0.717, 1.165) is 23.5 Å². The molecule has 2 aromatic rings. The van der Waals surface area contributed by atoms with E-state index in [2.05, 4.69) is 23.6 Å². The Morgan fingerprint density at radius 2 is 1.90 bits per heavy atom. The van der Waals surface area contributed by atoms with Crippen molar-refractivity contribution < 1.29 is 4.74 Å². The predicted molar refractivity (Wildman–Crippen MR) is 88.7 cm³/mol. The van der Waals surface area contributed by atoms with Gasteiger partial charge in [-0.25, -0.2) is 0 Å². The van der Waals surface area contributed by atoms with Crippen molar-refractivity contribution in [3.63, 3.8) is 0 Å². The molecule has 0 saturated carbocycles. The lowest BCUT2D eigenvalue weighted by Gasteiger charge is -2.13. The van der Waals surface area contributed by atoms with E-state index in [1.165, 1.54) is 5.56 Å². The Morgan fingerprint density at radius 3 is 2.65 bits per heavy atom. The Bertz CT molecular complexity index is 599. The van der Waals surface area contributed by atoms with Gasteiger partial charge < -0.3 is 15.4 Å². The second-order valence-corrected chi connectivity index (χ2v) is 4.73. The van der Waals surface area contributed by atoms with Gasteiger partial charge in [0, 0.05) is 17.4 Å². The molecule has 0 fully saturated rings. The monoisotopic (exact) mass is 286 g/mol. The van der Waals surface area contributed by atoms with Crippen LogP contribution >= 0.6 is 12.2 Å². The first-order chi connectivity index (χ1) is 9.72. The summed E-state index contributed by atoms with van der Waals surface area (Å²) in [4.78, 5) is 0.